The average molecular weight is 351 g/mol. The van der Waals surface area contributed by atoms with Gasteiger partial charge in [-0.15, -0.1) is 0 Å². The number of carbonyl (C=O) groups is 3. The zero-order valence-corrected chi connectivity index (χ0v) is 14.7. The first-order valence-corrected chi connectivity index (χ1v) is 8.69. The summed E-state index contributed by atoms with van der Waals surface area (Å²) in [6.45, 7) is 5.22. The lowest BCUT2D eigenvalue weighted by Crippen LogP contribution is -2.63. The summed E-state index contributed by atoms with van der Waals surface area (Å²) in [5, 5.41) is 22.1. The second-order valence-corrected chi connectivity index (χ2v) is 7.27. The van der Waals surface area contributed by atoms with Crippen molar-refractivity contribution < 1.29 is 24.6 Å². The quantitative estimate of drug-likeness (QED) is 0.562. The molecule has 3 N–H and O–H groups in total. The van der Waals surface area contributed by atoms with Gasteiger partial charge in [-0.1, -0.05) is 6.92 Å². The fourth-order valence-corrected chi connectivity index (χ4v) is 4.49. The summed E-state index contributed by atoms with van der Waals surface area (Å²) in [6.07, 6.45) is -0.0541. The van der Waals surface area contributed by atoms with Crippen LogP contribution in [0.4, 0.5) is 0 Å². The Balaban J connectivity index is 1.80. The van der Waals surface area contributed by atoms with Gasteiger partial charge in [0.1, 0.15) is 5.70 Å². The smallest absolute Gasteiger partial charge is 0.352 e. The molecule has 3 aliphatic heterocycles. The molecule has 138 valence electrons. The van der Waals surface area contributed by atoms with E-state index in [9.17, 15) is 24.6 Å². The van der Waals surface area contributed by atoms with Crippen LogP contribution in [0.5, 0.6) is 0 Å². The molecule has 25 heavy (non-hydrogen) atoms. The highest BCUT2D eigenvalue weighted by molar-refractivity contribution is 6.00. The minimum Gasteiger partial charge on any atom is -0.477 e. The van der Waals surface area contributed by atoms with Crippen molar-refractivity contribution in [2.24, 2.45) is 17.8 Å². The SMILES string of the molecule is CNC(=O)[C@H]1CCN(CC2=C(C(=O)O)N3C(=O)C([C@@H](C)O)[C@H]3[C@H]2C)C1. The van der Waals surface area contributed by atoms with Gasteiger partial charge in [0.15, 0.2) is 0 Å². The van der Waals surface area contributed by atoms with Crippen LogP contribution in [-0.2, 0) is 14.4 Å². The van der Waals surface area contributed by atoms with Gasteiger partial charge in [-0.3, -0.25) is 14.5 Å². The number of aliphatic carboxylic acids is 1. The molecular formula is C17H25N3O5. The number of carboxylic acid groups (broad SMARTS) is 1. The zero-order valence-electron chi connectivity index (χ0n) is 14.7. The summed E-state index contributed by atoms with van der Waals surface area (Å²) < 4.78 is 0. The van der Waals surface area contributed by atoms with Gasteiger partial charge >= 0.3 is 5.97 Å². The van der Waals surface area contributed by atoms with E-state index in [0.29, 0.717) is 18.7 Å². The molecule has 0 aromatic heterocycles. The molecule has 0 radical (unpaired) electrons. The Hall–Kier alpha value is -1.93. The minimum absolute atomic E-state index is 0.00238. The maximum Gasteiger partial charge on any atom is 0.352 e. The van der Waals surface area contributed by atoms with E-state index in [1.165, 1.54) is 4.90 Å². The number of rotatable bonds is 5. The van der Waals surface area contributed by atoms with Crippen LogP contribution in [0.1, 0.15) is 20.3 Å². The normalized spacial score (nSPS) is 33.3. The summed E-state index contributed by atoms with van der Waals surface area (Å²) in [7, 11) is 1.61. The van der Waals surface area contributed by atoms with Crippen LogP contribution in [0.15, 0.2) is 11.3 Å². The maximum absolute atomic E-state index is 12.3. The maximum atomic E-state index is 12.3. The number of aliphatic hydroxyl groups is 1. The molecule has 0 aliphatic carbocycles. The number of hydrogen-bond donors (Lipinski definition) is 3. The Labute approximate surface area is 146 Å². The van der Waals surface area contributed by atoms with Crippen LogP contribution < -0.4 is 5.32 Å². The summed E-state index contributed by atoms with van der Waals surface area (Å²) in [6, 6.07) is -0.286. The lowest BCUT2D eigenvalue weighted by atomic mass is 9.77. The molecule has 3 rings (SSSR count). The molecule has 3 aliphatic rings. The highest BCUT2D eigenvalue weighted by atomic mass is 16.4. The van der Waals surface area contributed by atoms with Gasteiger partial charge in [-0.05, 0) is 25.5 Å². The largest absolute Gasteiger partial charge is 0.477 e. The first-order valence-electron chi connectivity index (χ1n) is 8.69. The van der Waals surface area contributed by atoms with Crippen LogP contribution in [-0.4, -0.2) is 76.6 Å². The topological polar surface area (TPSA) is 110 Å². The molecule has 1 unspecified atom stereocenters. The van der Waals surface area contributed by atoms with E-state index < -0.39 is 18.0 Å². The number of hydrogen-bond acceptors (Lipinski definition) is 5. The van der Waals surface area contributed by atoms with Crippen molar-refractivity contribution in [3.05, 3.63) is 11.3 Å². The third-order valence-corrected chi connectivity index (χ3v) is 5.80. The van der Waals surface area contributed by atoms with Crippen LogP contribution in [0, 0.1) is 17.8 Å². The predicted molar refractivity (Wildman–Crippen MR) is 88.2 cm³/mol. The van der Waals surface area contributed by atoms with E-state index in [-0.39, 0.29) is 35.4 Å². The van der Waals surface area contributed by atoms with Crippen molar-refractivity contribution in [2.45, 2.75) is 32.4 Å². The average Bonchev–Trinajstić information content (AvgIpc) is 3.10. The van der Waals surface area contributed by atoms with Crippen LogP contribution in [0.2, 0.25) is 0 Å². The van der Waals surface area contributed by atoms with Crippen molar-refractivity contribution in [2.75, 3.05) is 26.7 Å². The molecule has 2 saturated heterocycles. The van der Waals surface area contributed by atoms with E-state index in [1.807, 2.05) is 6.92 Å². The van der Waals surface area contributed by atoms with Gasteiger partial charge in [0.2, 0.25) is 11.8 Å². The predicted octanol–water partition coefficient (Wildman–Crippen LogP) is -0.749. The van der Waals surface area contributed by atoms with Crippen LogP contribution in [0.25, 0.3) is 0 Å². The van der Waals surface area contributed by atoms with Crippen molar-refractivity contribution >= 4 is 17.8 Å². The van der Waals surface area contributed by atoms with Crippen molar-refractivity contribution in [3.63, 3.8) is 0 Å². The second kappa shape index (κ2) is 6.42. The second-order valence-electron chi connectivity index (χ2n) is 7.27. The minimum atomic E-state index is -1.11. The number of nitrogens with one attached hydrogen (secondary N) is 1. The molecule has 0 aromatic rings. The molecule has 3 heterocycles. The number of carboxylic acids is 1. The van der Waals surface area contributed by atoms with Crippen LogP contribution >= 0.6 is 0 Å². The molecule has 8 heteroatoms. The van der Waals surface area contributed by atoms with Crippen molar-refractivity contribution in [3.8, 4) is 0 Å². The van der Waals surface area contributed by atoms with E-state index >= 15 is 0 Å². The zero-order chi connectivity index (χ0) is 18.5. The molecular weight excluding hydrogens is 326 g/mol. The summed E-state index contributed by atoms with van der Waals surface area (Å²) in [4.78, 5) is 39.3. The van der Waals surface area contributed by atoms with Gasteiger partial charge in [0.25, 0.3) is 0 Å². The highest BCUT2D eigenvalue weighted by Crippen LogP contribution is 2.47. The third-order valence-electron chi connectivity index (χ3n) is 5.80. The molecule has 0 spiro atoms. The Morgan fingerprint density at radius 3 is 2.64 bits per heavy atom. The molecule has 0 bridgehead atoms. The summed E-state index contributed by atoms with van der Waals surface area (Å²) in [5.41, 5.74) is 0.773. The van der Waals surface area contributed by atoms with Crippen LogP contribution in [0.3, 0.4) is 0 Å². The highest BCUT2D eigenvalue weighted by Gasteiger charge is 2.59. The number of carbonyl (C=O) groups excluding carboxylic acids is 2. The van der Waals surface area contributed by atoms with Gasteiger partial charge in [0, 0.05) is 26.1 Å². The molecule has 0 aromatic carbocycles. The molecule has 8 nitrogen and oxygen atoms in total. The first-order chi connectivity index (χ1) is 11.8. The molecule has 2 fully saturated rings. The Kier molecular flexibility index (Phi) is 4.59. The number of nitrogens with zero attached hydrogens (tertiary/aromatic N) is 2. The van der Waals surface area contributed by atoms with E-state index in [4.69, 9.17) is 0 Å². The van der Waals surface area contributed by atoms with Crippen molar-refractivity contribution in [1.29, 1.82) is 0 Å². The first kappa shape index (κ1) is 17.9. The molecule has 2 amide bonds. The summed E-state index contributed by atoms with van der Waals surface area (Å²) >= 11 is 0. The Morgan fingerprint density at radius 2 is 2.08 bits per heavy atom. The summed E-state index contributed by atoms with van der Waals surface area (Å²) in [5.74, 6) is -2.17. The van der Waals surface area contributed by atoms with Crippen molar-refractivity contribution in [1.82, 2.24) is 15.1 Å². The number of aliphatic hydroxyl groups excluding tert-OH is 1. The Bertz CT molecular complexity index is 644. The number of fused-ring (bicyclic) bond motifs is 1. The number of likely N-dealkylation sites (tertiary alicyclic amines) is 1. The third kappa shape index (κ3) is 2.73. The fraction of sp³-hybridized carbons (Fsp3) is 0.706. The fourth-order valence-electron chi connectivity index (χ4n) is 4.49. The molecule has 0 saturated carbocycles. The van der Waals surface area contributed by atoms with E-state index in [2.05, 4.69) is 10.2 Å². The monoisotopic (exact) mass is 351 g/mol. The molecule has 5 atom stereocenters. The number of β-lactam (4-membered cyclic amide) rings is 1. The number of amides is 2. The lowest BCUT2D eigenvalue weighted by Gasteiger charge is -2.46. The van der Waals surface area contributed by atoms with Gasteiger partial charge in [-0.2, -0.15) is 0 Å². The van der Waals surface area contributed by atoms with E-state index in [0.717, 1.165) is 13.0 Å². The van der Waals surface area contributed by atoms with Gasteiger partial charge in [0.05, 0.1) is 24.0 Å². The van der Waals surface area contributed by atoms with E-state index in [1.54, 1.807) is 14.0 Å². The Morgan fingerprint density at radius 1 is 1.40 bits per heavy atom. The van der Waals surface area contributed by atoms with Gasteiger partial charge < -0.3 is 20.4 Å². The van der Waals surface area contributed by atoms with Gasteiger partial charge in [-0.25, -0.2) is 4.79 Å². The standard InChI is InChI=1S/C17H25N3O5/c1-8-11(7-19-5-4-10(6-19)15(22)18-3)14(17(24)25)20-13(8)12(9(2)21)16(20)23/h8-10,12-13,21H,4-7H2,1-3H3,(H,18,22)(H,24,25)/t8-,9+,10-,12?,13+/m0/s1. The lowest BCUT2D eigenvalue weighted by molar-refractivity contribution is -0.163.